The Morgan fingerprint density at radius 1 is 0.878 bits per heavy atom. The Morgan fingerprint density at radius 3 is 2.10 bits per heavy atom. The first-order valence-corrected chi connectivity index (χ1v) is 13.1. The molecule has 41 heavy (non-hydrogen) atoms. The maximum atomic E-state index is 13.4. The van der Waals surface area contributed by atoms with Crippen LogP contribution in [0.3, 0.4) is 0 Å². The molecule has 224 valence electrons. The topological polar surface area (TPSA) is 269 Å². The van der Waals surface area contributed by atoms with Crippen LogP contribution in [0.15, 0.2) is 36.8 Å². The summed E-state index contributed by atoms with van der Waals surface area (Å²) < 4.78 is 0. The molecule has 4 unspecified atom stereocenters. The lowest BCUT2D eigenvalue weighted by Gasteiger charge is -2.25. The largest absolute Gasteiger partial charge is 0.508 e. The molecule has 0 saturated carbocycles. The second kappa shape index (κ2) is 16.6. The lowest BCUT2D eigenvalue weighted by Crippen LogP contribution is -2.57. The van der Waals surface area contributed by atoms with Crippen molar-refractivity contribution in [2.45, 2.75) is 69.1 Å². The molecule has 0 aliphatic rings. The molecule has 0 radical (unpaired) electrons. The van der Waals surface area contributed by atoms with Crippen LogP contribution < -0.4 is 33.2 Å². The Bertz CT molecular complexity index is 1160. The highest BCUT2D eigenvalue weighted by molar-refractivity contribution is 5.94. The van der Waals surface area contributed by atoms with Gasteiger partial charge >= 0.3 is 5.97 Å². The number of aromatic nitrogens is 2. The van der Waals surface area contributed by atoms with E-state index in [1.807, 2.05) is 0 Å². The van der Waals surface area contributed by atoms with Crippen molar-refractivity contribution in [1.82, 2.24) is 25.9 Å². The summed E-state index contributed by atoms with van der Waals surface area (Å²) >= 11 is 0. The predicted octanol–water partition coefficient (Wildman–Crippen LogP) is -1.84. The van der Waals surface area contributed by atoms with E-state index < -0.39 is 53.8 Å². The average molecular weight is 575 g/mol. The van der Waals surface area contributed by atoms with Crippen LogP contribution in [-0.2, 0) is 36.8 Å². The van der Waals surface area contributed by atoms with Crippen molar-refractivity contribution in [2.75, 3.05) is 6.54 Å². The Balaban J connectivity index is 2.22. The fourth-order valence-corrected chi connectivity index (χ4v) is 3.93. The molecule has 0 spiro atoms. The van der Waals surface area contributed by atoms with Gasteiger partial charge in [0.1, 0.15) is 23.9 Å². The number of imidazole rings is 1. The van der Waals surface area contributed by atoms with Crippen LogP contribution in [0.25, 0.3) is 0 Å². The summed E-state index contributed by atoms with van der Waals surface area (Å²) in [6, 6.07) is 1.12. The Labute approximate surface area is 236 Å². The number of carboxylic acid groups (broad SMARTS) is 1. The Hall–Kier alpha value is -4.50. The van der Waals surface area contributed by atoms with Gasteiger partial charge in [0.15, 0.2) is 0 Å². The number of phenols is 1. The molecule has 0 bridgehead atoms. The quantitative estimate of drug-likeness (QED) is 0.0897. The number of aromatic hydroxyl groups is 1. The number of rotatable bonds is 18. The first kappa shape index (κ1) is 32.7. The first-order valence-electron chi connectivity index (χ1n) is 13.1. The van der Waals surface area contributed by atoms with Crippen LogP contribution in [0.5, 0.6) is 5.75 Å². The number of carbonyl (C=O) groups excluding carboxylic acids is 4. The number of phenolic OH excluding ortho intramolecular Hbond substituents is 1. The van der Waals surface area contributed by atoms with E-state index in [9.17, 15) is 34.2 Å². The number of nitrogens with two attached hydrogens (primary N) is 3. The molecule has 12 N–H and O–H groups in total. The van der Waals surface area contributed by atoms with Crippen molar-refractivity contribution in [3.05, 3.63) is 48.0 Å². The summed E-state index contributed by atoms with van der Waals surface area (Å²) in [5, 5.41) is 26.7. The third-order valence-corrected chi connectivity index (χ3v) is 6.21. The van der Waals surface area contributed by atoms with Gasteiger partial charge in [-0.3, -0.25) is 19.2 Å². The van der Waals surface area contributed by atoms with Gasteiger partial charge in [-0.05, 0) is 49.9 Å². The number of carbonyl (C=O) groups is 5. The van der Waals surface area contributed by atoms with E-state index in [4.69, 9.17) is 17.2 Å². The third kappa shape index (κ3) is 11.6. The smallest absolute Gasteiger partial charge is 0.326 e. The van der Waals surface area contributed by atoms with Crippen molar-refractivity contribution in [2.24, 2.45) is 17.2 Å². The van der Waals surface area contributed by atoms with E-state index in [2.05, 4.69) is 25.9 Å². The highest BCUT2D eigenvalue weighted by atomic mass is 16.4. The minimum atomic E-state index is -1.44. The molecule has 0 saturated heterocycles. The van der Waals surface area contributed by atoms with E-state index in [0.717, 1.165) is 0 Å². The molecule has 1 aromatic heterocycles. The summed E-state index contributed by atoms with van der Waals surface area (Å²) in [4.78, 5) is 69.0. The molecule has 2 aromatic rings. The van der Waals surface area contributed by atoms with Gasteiger partial charge in [-0.1, -0.05) is 12.1 Å². The number of aliphatic carboxylic acids is 1. The number of nitrogens with zero attached hydrogens (tertiary/aromatic N) is 1. The standard InChI is InChI=1S/C26H38N8O7/c27-10-2-1-3-19(32-23(37)18(28)12-16-13-30-14-31-16)24(38)34-21(11-15-4-6-17(35)7-5-15)25(39)33-20(26(40)41)8-9-22(29)36/h4-7,13-14,18-21,35H,1-3,8-12,27-28H2,(H2,29,36)(H,30,31)(H,32,37)(H,33,39)(H,34,38)(H,40,41). The lowest BCUT2D eigenvalue weighted by atomic mass is 10.0. The number of aromatic amines is 1. The molecule has 15 nitrogen and oxygen atoms in total. The Morgan fingerprint density at radius 2 is 1.51 bits per heavy atom. The zero-order valence-electron chi connectivity index (χ0n) is 22.5. The molecular formula is C26H38N8O7. The van der Waals surface area contributed by atoms with Crippen molar-refractivity contribution in [3.8, 4) is 5.75 Å². The fraction of sp³-hybridized carbons (Fsp3) is 0.462. The van der Waals surface area contributed by atoms with Crippen LogP contribution in [0.2, 0.25) is 0 Å². The van der Waals surface area contributed by atoms with E-state index in [-0.39, 0.29) is 37.9 Å². The molecule has 4 amide bonds. The van der Waals surface area contributed by atoms with Crippen molar-refractivity contribution >= 4 is 29.6 Å². The summed E-state index contributed by atoms with van der Waals surface area (Å²) in [6.45, 7) is 0.370. The molecule has 0 aliphatic carbocycles. The fourth-order valence-electron chi connectivity index (χ4n) is 3.93. The zero-order chi connectivity index (χ0) is 30.4. The molecule has 0 aliphatic heterocycles. The van der Waals surface area contributed by atoms with E-state index in [1.54, 1.807) is 12.1 Å². The highest BCUT2D eigenvalue weighted by Crippen LogP contribution is 2.13. The summed E-state index contributed by atoms with van der Waals surface area (Å²) in [6.07, 6.45) is 3.81. The predicted molar refractivity (Wildman–Crippen MR) is 147 cm³/mol. The molecule has 1 heterocycles. The highest BCUT2D eigenvalue weighted by Gasteiger charge is 2.30. The number of hydrogen-bond donors (Lipinski definition) is 9. The number of nitrogens with one attached hydrogen (secondary N) is 4. The molecule has 1 aromatic carbocycles. The number of primary amides is 1. The van der Waals surface area contributed by atoms with Crippen LogP contribution in [-0.4, -0.2) is 80.5 Å². The van der Waals surface area contributed by atoms with E-state index in [1.165, 1.54) is 24.7 Å². The molecular weight excluding hydrogens is 536 g/mol. The van der Waals surface area contributed by atoms with Gasteiger partial charge in [-0.15, -0.1) is 0 Å². The third-order valence-electron chi connectivity index (χ3n) is 6.21. The molecule has 4 atom stereocenters. The first-order chi connectivity index (χ1) is 19.5. The minimum Gasteiger partial charge on any atom is -0.508 e. The number of benzene rings is 1. The van der Waals surface area contributed by atoms with Crippen molar-refractivity contribution < 1.29 is 34.2 Å². The molecule has 0 fully saturated rings. The number of H-pyrrole nitrogens is 1. The maximum absolute atomic E-state index is 13.4. The maximum Gasteiger partial charge on any atom is 0.326 e. The number of hydrogen-bond acceptors (Lipinski definition) is 9. The minimum absolute atomic E-state index is 0.00895. The van der Waals surface area contributed by atoms with Crippen LogP contribution in [0.1, 0.15) is 43.4 Å². The molecule has 2 rings (SSSR count). The second-order valence-corrected chi connectivity index (χ2v) is 9.57. The average Bonchev–Trinajstić information content (AvgIpc) is 3.43. The summed E-state index contributed by atoms with van der Waals surface area (Å²) in [7, 11) is 0. The van der Waals surface area contributed by atoms with E-state index in [0.29, 0.717) is 30.6 Å². The Kier molecular flexibility index (Phi) is 13.2. The molecule has 15 heteroatoms. The number of unbranched alkanes of at least 4 members (excludes halogenated alkanes) is 1. The SMILES string of the molecule is NCCCCC(NC(=O)C(N)Cc1cnc[nH]1)C(=O)NC(Cc1ccc(O)cc1)C(=O)NC(CCC(N)=O)C(=O)O. The number of carboxylic acids is 1. The van der Waals surface area contributed by atoms with Gasteiger partial charge in [0, 0.05) is 31.2 Å². The lowest BCUT2D eigenvalue weighted by molar-refractivity contribution is -0.142. The summed E-state index contributed by atoms with van der Waals surface area (Å²) in [5.74, 6) is -4.23. The van der Waals surface area contributed by atoms with E-state index >= 15 is 0 Å². The van der Waals surface area contributed by atoms with Crippen LogP contribution in [0.4, 0.5) is 0 Å². The van der Waals surface area contributed by atoms with Gasteiger partial charge in [-0.2, -0.15) is 0 Å². The zero-order valence-corrected chi connectivity index (χ0v) is 22.5. The van der Waals surface area contributed by atoms with Crippen LogP contribution in [0, 0.1) is 0 Å². The second-order valence-electron chi connectivity index (χ2n) is 9.57. The van der Waals surface area contributed by atoms with Gasteiger partial charge in [0.2, 0.25) is 23.6 Å². The van der Waals surface area contributed by atoms with Crippen LogP contribution >= 0.6 is 0 Å². The summed E-state index contributed by atoms with van der Waals surface area (Å²) in [5.41, 5.74) is 17.9. The van der Waals surface area contributed by atoms with Gasteiger partial charge in [0.05, 0.1) is 12.4 Å². The number of amides is 4. The van der Waals surface area contributed by atoms with Crippen molar-refractivity contribution in [1.29, 1.82) is 0 Å². The van der Waals surface area contributed by atoms with Gasteiger partial charge < -0.3 is 48.3 Å². The van der Waals surface area contributed by atoms with Gasteiger partial charge in [-0.25, -0.2) is 9.78 Å². The normalized spacial score (nSPS) is 13.8. The van der Waals surface area contributed by atoms with Crippen molar-refractivity contribution in [3.63, 3.8) is 0 Å². The monoisotopic (exact) mass is 574 g/mol. The van der Waals surface area contributed by atoms with Gasteiger partial charge in [0.25, 0.3) is 0 Å².